The van der Waals surface area contributed by atoms with E-state index in [0.29, 0.717) is 17.9 Å². The van der Waals surface area contributed by atoms with E-state index in [4.69, 9.17) is 15.7 Å². The number of nitrogens with one attached hydrogen (secondary N) is 1. The number of amides is 3. The number of imide groups is 1. The van der Waals surface area contributed by atoms with Crippen molar-refractivity contribution in [2.24, 2.45) is 5.73 Å². The minimum absolute atomic E-state index is 0.216. The molecule has 0 saturated carbocycles. The fraction of sp³-hybridized carbons (Fsp3) is 0.105. The first-order chi connectivity index (χ1) is 12.0. The second-order valence-corrected chi connectivity index (χ2v) is 5.33. The van der Waals surface area contributed by atoms with E-state index in [1.165, 1.54) is 11.6 Å². The van der Waals surface area contributed by atoms with E-state index >= 15 is 0 Å². The van der Waals surface area contributed by atoms with Gasteiger partial charge in [0.1, 0.15) is 24.0 Å². The maximum absolute atomic E-state index is 11.6. The lowest BCUT2D eigenvalue weighted by Gasteiger charge is -2.07. The van der Waals surface area contributed by atoms with Crippen LogP contribution in [0, 0.1) is 18.3 Å². The van der Waals surface area contributed by atoms with E-state index in [1.807, 2.05) is 36.5 Å². The predicted octanol–water partition coefficient (Wildman–Crippen LogP) is 2.68. The fourth-order valence-corrected chi connectivity index (χ4v) is 2.01. The summed E-state index contributed by atoms with van der Waals surface area (Å²) in [6, 6.07) is 15.7. The molecule has 0 aliphatic carbocycles. The second kappa shape index (κ2) is 8.31. The lowest BCUT2D eigenvalue weighted by atomic mass is 10.1. The van der Waals surface area contributed by atoms with Crippen molar-refractivity contribution in [3.63, 3.8) is 0 Å². The molecule has 2 rings (SSSR count). The molecule has 0 atom stereocenters. The summed E-state index contributed by atoms with van der Waals surface area (Å²) in [4.78, 5) is 22.3. The van der Waals surface area contributed by atoms with Gasteiger partial charge in [0.2, 0.25) is 0 Å². The Balaban J connectivity index is 2.02. The van der Waals surface area contributed by atoms with Gasteiger partial charge in [-0.3, -0.25) is 10.1 Å². The number of hydrogen-bond donors (Lipinski definition) is 2. The van der Waals surface area contributed by atoms with Crippen LogP contribution < -0.4 is 15.8 Å². The first-order valence-electron chi connectivity index (χ1n) is 7.49. The summed E-state index contributed by atoms with van der Waals surface area (Å²) in [6.07, 6.45) is 1.36. The van der Waals surface area contributed by atoms with Gasteiger partial charge in [-0.1, -0.05) is 42.0 Å². The van der Waals surface area contributed by atoms with Crippen molar-refractivity contribution in [2.75, 3.05) is 0 Å². The quantitative estimate of drug-likeness (QED) is 0.647. The molecule has 3 N–H and O–H groups in total. The molecule has 0 aromatic heterocycles. The van der Waals surface area contributed by atoms with E-state index < -0.39 is 11.9 Å². The summed E-state index contributed by atoms with van der Waals surface area (Å²) < 4.78 is 5.69. The third-order valence-electron chi connectivity index (χ3n) is 3.32. The molecule has 0 aliphatic rings. The van der Waals surface area contributed by atoms with E-state index in [1.54, 1.807) is 30.3 Å². The van der Waals surface area contributed by atoms with Crippen molar-refractivity contribution in [1.29, 1.82) is 5.26 Å². The average Bonchev–Trinajstić information content (AvgIpc) is 2.59. The molecule has 0 radical (unpaired) electrons. The predicted molar refractivity (Wildman–Crippen MR) is 93.3 cm³/mol. The highest BCUT2D eigenvalue weighted by Crippen LogP contribution is 2.16. The molecule has 2 aromatic rings. The smallest absolute Gasteiger partial charge is 0.319 e. The van der Waals surface area contributed by atoms with E-state index in [2.05, 4.69) is 0 Å². The van der Waals surface area contributed by atoms with Gasteiger partial charge in [-0.2, -0.15) is 5.26 Å². The van der Waals surface area contributed by atoms with Crippen LogP contribution in [0.1, 0.15) is 16.7 Å². The number of ether oxygens (including phenoxy) is 1. The summed E-state index contributed by atoms with van der Waals surface area (Å²) in [5, 5.41) is 10.9. The van der Waals surface area contributed by atoms with Gasteiger partial charge in [0.05, 0.1) is 0 Å². The summed E-state index contributed by atoms with van der Waals surface area (Å²) in [5.74, 6) is -0.174. The van der Waals surface area contributed by atoms with E-state index in [-0.39, 0.29) is 5.57 Å². The Labute approximate surface area is 145 Å². The summed E-state index contributed by atoms with van der Waals surface area (Å²) in [6.45, 7) is 2.47. The molecule has 126 valence electrons. The molecule has 6 heteroatoms. The van der Waals surface area contributed by atoms with Gasteiger partial charge in [0.25, 0.3) is 5.91 Å². The van der Waals surface area contributed by atoms with Crippen molar-refractivity contribution in [1.82, 2.24) is 5.32 Å². The summed E-state index contributed by atoms with van der Waals surface area (Å²) >= 11 is 0. The Morgan fingerprint density at radius 1 is 1.16 bits per heavy atom. The molecule has 0 unspecified atom stereocenters. The Bertz CT molecular complexity index is 832. The third kappa shape index (κ3) is 5.52. The number of nitriles is 1. The van der Waals surface area contributed by atoms with Crippen LogP contribution in [0.5, 0.6) is 5.75 Å². The van der Waals surface area contributed by atoms with Crippen LogP contribution in [0.4, 0.5) is 4.79 Å². The van der Waals surface area contributed by atoms with Crippen LogP contribution in [0.25, 0.3) is 6.08 Å². The van der Waals surface area contributed by atoms with Gasteiger partial charge < -0.3 is 10.5 Å². The number of nitrogens with zero attached hydrogens (tertiary/aromatic N) is 1. The van der Waals surface area contributed by atoms with Crippen LogP contribution in [0.3, 0.4) is 0 Å². The molecular weight excluding hydrogens is 318 g/mol. The lowest BCUT2D eigenvalue weighted by Crippen LogP contribution is -2.35. The number of carbonyl (C=O) groups is 2. The zero-order chi connectivity index (χ0) is 18.2. The molecule has 0 aliphatic heterocycles. The zero-order valence-electron chi connectivity index (χ0n) is 13.7. The normalized spacial score (nSPS) is 10.6. The number of rotatable bonds is 5. The van der Waals surface area contributed by atoms with E-state index in [9.17, 15) is 9.59 Å². The van der Waals surface area contributed by atoms with Crippen LogP contribution >= 0.6 is 0 Å². The highest BCUT2D eigenvalue weighted by atomic mass is 16.5. The van der Waals surface area contributed by atoms with Crippen molar-refractivity contribution in [3.05, 3.63) is 70.8 Å². The van der Waals surface area contributed by atoms with Gasteiger partial charge in [0, 0.05) is 0 Å². The maximum Gasteiger partial charge on any atom is 0.319 e. The Morgan fingerprint density at radius 2 is 1.80 bits per heavy atom. The highest BCUT2D eigenvalue weighted by molar-refractivity contribution is 6.08. The molecule has 2 aromatic carbocycles. The largest absolute Gasteiger partial charge is 0.489 e. The van der Waals surface area contributed by atoms with Crippen LogP contribution in [0.2, 0.25) is 0 Å². The van der Waals surface area contributed by atoms with Crippen LogP contribution in [0.15, 0.2) is 54.1 Å². The van der Waals surface area contributed by atoms with Crippen molar-refractivity contribution in [3.8, 4) is 11.8 Å². The molecule has 25 heavy (non-hydrogen) atoms. The van der Waals surface area contributed by atoms with Crippen molar-refractivity contribution in [2.45, 2.75) is 13.5 Å². The molecule has 0 spiro atoms. The fourth-order valence-electron chi connectivity index (χ4n) is 2.01. The number of carbonyl (C=O) groups excluding carboxylic acids is 2. The van der Waals surface area contributed by atoms with Gasteiger partial charge >= 0.3 is 6.03 Å². The zero-order valence-corrected chi connectivity index (χ0v) is 13.7. The molecule has 6 nitrogen and oxygen atoms in total. The lowest BCUT2D eigenvalue weighted by molar-refractivity contribution is -0.115. The Morgan fingerprint density at radius 3 is 2.36 bits per heavy atom. The molecular formula is C19H17N3O3. The first kappa shape index (κ1) is 17.8. The summed E-state index contributed by atoms with van der Waals surface area (Å²) in [5.41, 5.74) is 7.52. The van der Waals surface area contributed by atoms with Gasteiger partial charge in [-0.05, 0) is 36.3 Å². The minimum atomic E-state index is -1.01. The average molecular weight is 335 g/mol. The number of nitrogens with two attached hydrogens (primary N) is 1. The number of urea groups is 1. The van der Waals surface area contributed by atoms with E-state index in [0.717, 1.165) is 5.56 Å². The van der Waals surface area contributed by atoms with Crippen LogP contribution in [-0.4, -0.2) is 11.9 Å². The first-order valence-corrected chi connectivity index (χ1v) is 7.49. The highest BCUT2D eigenvalue weighted by Gasteiger charge is 2.10. The molecule has 0 saturated heterocycles. The second-order valence-electron chi connectivity index (χ2n) is 5.33. The molecule has 3 amide bonds. The molecule has 0 fully saturated rings. The van der Waals surface area contributed by atoms with Gasteiger partial charge in [-0.25, -0.2) is 4.79 Å². The number of aryl methyl sites for hydroxylation is 1. The summed E-state index contributed by atoms with van der Waals surface area (Å²) in [7, 11) is 0. The topological polar surface area (TPSA) is 105 Å². The van der Waals surface area contributed by atoms with Crippen molar-refractivity contribution < 1.29 is 14.3 Å². The molecule has 0 bridgehead atoms. The Hall–Kier alpha value is -3.59. The van der Waals surface area contributed by atoms with Crippen molar-refractivity contribution >= 4 is 18.0 Å². The number of primary amides is 1. The monoisotopic (exact) mass is 335 g/mol. The van der Waals surface area contributed by atoms with Gasteiger partial charge in [0.15, 0.2) is 0 Å². The minimum Gasteiger partial charge on any atom is -0.489 e. The number of hydrogen-bond acceptors (Lipinski definition) is 4. The standard InChI is InChI=1S/C19H17N3O3/c1-13-2-4-15(5-3-13)12-25-17-8-6-14(7-9-17)10-16(11-20)18(23)22-19(21)24/h2-10H,12H2,1H3,(H3,21,22,23,24)/b16-10-. The third-order valence-corrected chi connectivity index (χ3v) is 3.32. The number of benzene rings is 2. The maximum atomic E-state index is 11.6. The van der Waals surface area contributed by atoms with Gasteiger partial charge in [-0.15, -0.1) is 0 Å². The molecule has 0 heterocycles. The Kier molecular flexibility index (Phi) is 5.91. The van der Waals surface area contributed by atoms with Crippen LogP contribution in [-0.2, 0) is 11.4 Å². The SMILES string of the molecule is Cc1ccc(COc2ccc(/C=C(/C#N)C(=O)NC(N)=O)cc2)cc1.